The Bertz CT molecular complexity index is 2040. The number of aliphatic hydroxyl groups is 1. The number of hydrogen-bond donors (Lipinski definition) is 2. The van der Waals surface area contributed by atoms with E-state index in [2.05, 4.69) is 16.3 Å². The van der Waals surface area contributed by atoms with Crippen molar-refractivity contribution in [3.05, 3.63) is 130 Å². The van der Waals surface area contributed by atoms with E-state index >= 15 is 0 Å². The van der Waals surface area contributed by atoms with Crippen LogP contribution in [0.3, 0.4) is 0 Å². The maximum Gasteiger partial charge on any atom is 0.261 e. The second-order valence-corrected chi connectivity index (χ2v) is 17.1. The molecule has 4 aliphatic rings. The summed E-state index contributed by atoms with van der Waals surface area (Å²) in [5.74, 6) is 0.136. The maximum atomic E-state index is 13.9. The van der Waals surface area contributed by atoms with Gasteiger partial charge < -0.3 is 19.9 Å². The fraction of sp³-hybridized carbons (Fsp3) is 0.426. The van der Waals surface area contributed by atoms with Crippen LogP contribution < -0.4 is 5.32 Å². The molecular formula is C47H53N3O6. The summed E-state index contributed by atoms with van der Waals surface area (Å²) in [7, 11) is 0. The van der Waals surface area contributed by atoms with Gasteiger partial charge in [0.1, 0.15) is 0 Å². The highest BCUT2D eigenvalue weighted by Crippen LogP contribution is 2.42. The van der Waals surface area contributed by atoms with Gasteiger partial charge in [-0.3, -0.25) is 24.2 Å². The molecule has 8 rings (SSSR count). The van der Waals surface area contributed by atoms with Crippen LogP contribution in [0.25, 0.3) is 11.1 Å². The van der Waals surface area contributed by atoms with Gasteiger partial charge in [-0.1, -0.05) is 85.6 Å². The number of amides is 3. The maximum absolute atomic E-state index is 13.9. The highest BCUT2D eigenvalue weighted by atomic mass is 16.7. The Morgan fingerprint density at radius 3 is 2.18 bits per heavy atom. The molecule has 9 nitrogen and oxygen atoms in total. The molecule has 6 atom stereocenters. The lowest BCUT2D eigenvalue weighted by molar-refractivity contribution is -0.255. The summed E-state index contributed by atoms with van der Waals surface area (Å²) in [6.45, 7) is 6.91. The molecule has 0 aromatic heterocycles. The predicted molar refractivity (Wildman–Crippen MR) is 214 cm³/mol. The summed E-state index contributed by atoms with van der Waals surface area (Å²) in [5, 5.41) is 13.0. The van der Waals surface area contributed by atoms with Gasteiger partial charge in [-0.25, -0.2) is 0 Å². The minimum absolute atomic E-state index is 0.0258. The van der Waals surface area contributed by atoms with Crippen molar-refractivity contribution in [2.75, 3.05) is 6.54 Å². The molecule has 56 heavy (non-hydrogen) atoms. The zero-order valence-electron chi connectivity index (χ0n) is 32.7. The number of benzene rings is 4. The van der Waals surface area contributed by atoms with Crippen molar-refractivity contribution in [3.8, 4) is 11.1 Å². The number of nitrogens with one attached hydrogen (secondary N) is 1. The largest absolute Gasteiger partial charge is 0.392 e. The lowest BCUT2D eigenvalue weighted by Crippen LogP contribution is -2.61. The fourth-order valence-corrected chi connectivity index (χ4v) is 9.28. The van der Waals surface area contributed by atoms with E-state index in [1.54, 1.807) is 24.3 Å². The number of hydrogen-bond acceptors (Lipinski definition) is 7. The number of nitrogens with zero attached hydrogens (tertiary/aromatic N) is 2. The molecule has 1 aliphatic carbocycles. The lowest BCUT2D eigenvalue weighted by atomic mass is 9.75. The number of imide groups is 1. The molecule has 4 aromatic carbocycles. The van der Waals surface area contributed by atoms with Gasteiger partial charge in [0.2, 0.25) is 5.91 Å². The Hall–Kier alpha value is -4.67. The van der Waals surface area contributed by atoms with Gasteiger partial charge in [-0.05, 0) is 104 Å². The van der Waals surface area contributed by atoms with Gasteiger partial charge in [0, 0.05) is 30.1 Å². The third-order valence-electron chi connectivity index (χ3n) is 12.0. The highest BCUT2D eigenvalue weighted by Gasteiger charge is 2.44. The summed E-state index contributed by atoms with van der Waals surface area (Å²) < 4.78 is 13.7. The summed E-state index contributed by atoms with van der Waals surface area (Å²) >= 11 is 0. The molecule has 6 unspecified atom stereocenters. The summed E-state index contributed by atoms with van der Waals surface area (Å²) in [5.41, 5.74) is 6.08. The molecular weight excluding hydrogens is 703 g/mol. The fourth-order valence-electron chi connectivity index (χ4n) is 9.28. The Balaban J connectivity index is 1.06. The minimum atomic E-state index is -0.661. The van der Waals surface area contributed by atoms with Gasteiger partial charge in [0.25, 0.3) is 11.8 Å². The third-order valence-corrected chi connectivity index (χ3v) is 12.0. The first kappa shape index (κ1) is 38.2. The van der Waals surface area contributed by atoms with Crippen LogP contribution in [0.4, 0.5) is 0 Å². The minimum Gasteiger partial charge on any atom is -0.392 e. The van der Waals surface area contributed by atoms with E-state index in [-0.39, 0.29) is 54.7 Å². The zero-order valence-corrected chi connectivity index (χ0v) is 32.7. The average Bonchev–Trinajstić information content (AvgIpc) is 3.45. The smallest absolute Gasteiger partial charge is 0.261 e. The number of rotatable bonds is 9. The van der Waals surface area contributed by atoms with Crippen molar-refractivity contribution in [2.45, 2.75) is 115 Å². The van der Waals surface area contributed by atoms with Gasteiger partial charge in [0.05, 0.1) is 42.5 Å². The van der Waals surface area contributed by atoms with Crippen molar-refractivity contribution >= 4 is 17.7 Å². The number of carbonyl (C=O) groups excluding carboxylic acids is 3. The molecule has 0 radical (unpaired) electrons. The summed E-state index contributed by atoms with van der Waals surface area (Å²) in [6, 6.07) is 31.2. The number of piperidine rings is 1. The van der Waals surface area contributed by atoms with Gasteiger partial charge in [0.15, 0.2) is 6.29 Å². The number of fused-ring (bicyclic) bond motifs is 2. The molecule has 3 amide bonds. The van der Waals surface area contributed by atoms with Crippen LogP contribution in [0.5, 0.6) is 0 Å². The Labute approximate surface area is 330 Å². The Morgan fingerprint density at radius 2 is 1.46 bits per heavy atom. The van der Waals surface area contributed by atoms with Crippen LogP contribution in [0, 0.1) is 5.92 Å². The van der Waals surface area contributed by atoms with Gasteiger partial charge >= 0.3 is 0 Å². The molecule has 0 bridgehead atoms. The Morgan fingerprint density at radius 1 is 0.768 bits per heavy atom. The molecule has 2 N–H and O–H groups in total. The van der Waals surface area contributed by atoms with Crippen LogP contribution in [0.2, 0.25) is 0 Å². The second-order valence-electron chi connectivity index (χ2n) is 17.1. The van der Waals surface area contributed by atoms with Crippen molar-refractivity contribution in [3.63, 3.8) is 0 Å². The average molecular weight is 756 g/mol. The first-order valence-corrected chi connectivity index (χ1v) is 20.3. The molecule has 3 heterocycles. The highest BCUT2D eigenvalue weighted by molar-refractivity contribution is 6.21. The number of carbonyl (C=O) groups is 3. The quantitative estimate of drug-likeness (QED) is 0.166. The Kier molecular flexibility index (Phi) is 11.0. The van der Waals surface area contributed by atoms with Crippen molar-refractivity contribution in [1.29, 1.82) is 0 Å². The second kappa shape index (κ2) is 16.1. The molecule has 3 fully saturated rings. The third kappa shape index (κ3) is 8.09. The molecule has 292 valence electrons. The van der Waals surface area contributed by atoms with E-state index in [1.165, 1.54) is 24.2 Å². The van der Waals surface area contributed by atoms with Crippen molar-refractivity contribution in [2.24, 2.45) is 5.92 Å². The van der Waals surface area contributed by atoms with Crippen LogP contribution in [-0.4, -0.2) is 62.9 Å². The zero-order chi connectivity index (χ0) is 39.0. The standard InChI is InChI=1S/C47H53N3O6/c1-47(2,3)48-43(52)41-23-22-32-11-4-7-17-40(32)49(41)28-37-26-42(33-20-18-30(29-51)19-21-33)56-46(55-37)36-14-9-13-35(25-36)34-12-8-10-31(24-34)27-50-44(53)38-15-5-6-16-39(38)45(50)54/h5-6,8-10,12-16,18-21,24-25,32,37,40-42,46,51H,4,7,11,17,22-23,26-29H2,1-3H3,(H,48,52). The SMILES string of the molecule is CC(C)(C)NC(=O)C1CCC2CCCCC2N1CC1CC(c2ccc(CO)cc2)OC(c2cccc(-c3cccc(CN4C(=O)c5ccccc5C4=O)c3)c2)O1. The predicted octanol–water partition coefficient (Wildman–Crippen LogP) is 8.13. The number of aliphatic hydroxyl groups excluding tert-OH is 1. The molecule has 1 saturated carbocycles. The van der Waals surface area contributed by atoms with Crippen LogP contribution >= 0.6 is 0 Å². The molecule has 3 aliphatic heterocycles. The number of likely N-dealkylation sites (tertiary alicyclic amines) is 1. The van der Waals surface area contributed by atoms with E-state index in [0.717, 1.165) is 52.6 Å². The molecule has 2 saturated heterocycles. The van der Waals surface area contributed by atoms with Gasteiger partial charge in [-0.2, -0.15) is 0 Å². The normalized spacial score (nSPS) is 25.5. The van der Waals surface area contributed by atoms with Crippen molar-refractivity contribution in [1.82, 2.24) is 15.1 Å². The van der Waals surface area contributed by atoms with E-state index in [0.29, 0.717) is 36.1 Å². The first-order valence-electron chi connectivity index (χ1n) is 20.3. The van der Waals surface area contributed by atoms with Crippen molar-refractivity contribution < 1.29 is 29.0 Å². The molecule has 4 aromatic rings. The topological polar surface area (TPSA) is 108 Å². The van der Waals surface area contributed by atoms with Gasteiger partial charge in [-0.15, -0.1) is 0 Å². The van der Waals surface area contributed by atoms with Crippen LogP contribution in [0.1, 0.15) is 121 Å². The monoisotopic (exact) mass is 755 g/mol. The van der Waals surface area contributed by atoms with E-state index < -0.39 is 6.29 Å². The molecule has 9 heteroatoms. The van der Waals surface area contributed by atoms with E-state index in [4.69, 9.17) is 9.47 Å². The van der Waals surface area contributed by atoms with Crippen LogP contribution in [0.15, 0.2) is 97.1 Å². The van der Waals surface area contributed by atoms with Crippen LogP contribution in [-0.2, 0) is 27.4 Å². The number of ether oxygens (including phenoxy) is 2. The summed E-state index contributed by atoms with van der Waals surface area (Å²) in [4.78, 5) is 43.9. The first-order chi connectivity index (χ1) is 27.0. The summed E-state index contributed by atoms with van der Waals surface area (Å²) in [6.07, 6.45) is 6.16. The van der Waals surface area contributed by atoms with E-state index in [1.807, 2.05) is 87.5 Å². The molecule has 0 spiro atoms. The van der Waals surface area contributed by atoms with E-state index in [9.17, 15) is 19.5 Å². The lowest BCUT2D eigenvalue weighted by Gasteiger charge is -2.50.